The van der Waals surface area contributed by atoms with E-state index in [2.05, 4.69) is 10.6 Å². The number of benzene rings is 2. The van der Waals surface area contributed by atoms with E-state index in [9.17, 15) is 18.0 Å². The van der Waals surface area contributed by atoms with Gasteiger partial charge in [-0.2, -0.15) is 4.31 Å². The molecule has 1 heterocycles. The van der Waals surface area contributed by atoms with Crippen LogP contribution in [0.5, 0.6) is 0 Å². The molecule has 0 aromatic heterocycles. The molecule has 1 aliphatic heterocycles. The summed E-state index contributed by atoms with van der Waals surface area (Å²) >= 11 is 5.83. The van der Waals surface area contributed by atoms with Crippen molar-refractivity contribution in [3.63, 3.8) is 0 Å². The van der Waals surface area contributed by atoms with Gasteiger partial charge in [0.05, 0.1) is 4.90 Å². The van der Waals surface area contributed by atoms with Crippen molar-refractivity contribution < 1.29 is 18.0 Å². The summed E-state index contributed by atoms with van der Waals surface area (Å²) in [5.41, 5.74) is 0.987. The van der Waals surface area contributed by atoms with E-state index in [1.54, 1.807) is 43.4 Å². The highest BCUT2D eigenvalue weighted by molar-refractivity contribution is 7.89. The van der Waals surface area contributed by atoms with Crippen molar-refractivity contribution in [3.8, 4) is 0 Å². The number of hydrogen-bond donors (Lipinski definition) is 2. The number of rotatable bonds is 5. The summed E-state index contributed by atoms with van der Waals surface area (Å²) in [6.07, 6.45) is 0.849. The quantitative estimate of drug-likeness (QED) is 0.754. The molecule has 0 aliphatic carbocycles. The normalized spacial score (nSPS) is 15.7. The smallest absolute Gasteiger partial charge is 0.251 e. The lowest BCUT2D eigenvalue weighted by molar-refractivity contribution is -0.120. The van der Waals surface area contributed by atoms with Crippen LogP contribution in [0.4, 0.5) is 5.69 Å². The summed E-state index contributed by atoms with van der Waals surface area (Å²) in [6.45, 7) is 0.530. The molecule has 2 N–H and O–H groups in total. The number of sulfonamides is 1. The van der Waals surface area contributed by atoms with Gasteiger partial charge in [-0.15, -0.1) is 0 Å². The zero-order chi connectivity index (χ0) is 21.0. The molecule has 0 unspecified atom stereocenters. The zero-order valence-electron chi connectivity index (χ0n) is 15.9. The van der Waals surface area contributed by atoms with Crippen molar-refractivity contribution in [2.45, 2.75) is 17.7 Å². The molecule has 0 bridgehead atoms. The molecule has 2 aromatic carbocycles. The molecular weight excluding hydrogens is 414 g/mol. The zero-order valence-corrected chi connectivity index (χ0v) is 17.5. The molecule has 154 valence electrons. The lowest BCUT2D eigenvalue weighted by atomic mass is 9.97. The first-order valence-corrected chi connectivity index (χ1v) is 11.0. The highest BCUT2D eigenvalue weighted by Gasteiger charge is 2.32. The van der Waals surface area contributed by atoms with Crippen molar-refractivity contribution in [1.29, 1.82) is 0 Å². The minimum Gasteiger partial charge on any atom is -0.355 e. The van der Waals surface area contributed by atoms with Crippen molar-refractivity contribution >= 4 is 39.1 Å². The molecule has 2 amide bonds. The van der Waals surface area contributed by atoms with Crippen LogP contribution >= 0.6 is 11.6 Å². The second-order valence-electron chi connectivity index (χ2n) is 6.78. The molecule has 9 heteroatoms. The molecular formula is C20H22ClN3O4S. The van der Waals surface area contributed by atoms with Gasteiger partial charge in [0.2, 0.25) is 15.9 Å². The summed E-state index contributed by atoms with van der Waals surface area (Å²) in [5, 5.41) is 5.83. The minimum absolute atomic E-state index is 0.178. The van der Waals surface area contributed by atoms with Crippen LogP contribution in [-0.4, -0.2) is 44.7 Å². The lowest BCUT2D eigenvalue weighted by Crippen LogP contribution is -2.41. The highest BCUT2D eigenvalue weighted by atomic mass is 35.5. The van der Waals surface area contributed by atoms with Gasteiger partial charge >= 0.3 is 0 Å². The maximum absolute atomic E-state index is 12.7. The Morgan fingerprint density at radius 2 is 1.72 bits per heavy atom. The molecule has 0 spiro atoms. The van der Waals surface area contributed by atoms with Gasteiger partial charge in [0.25, 0.3) is 5.91 Å². The molecule has 1 fully saturated rings. The molecule has 3 rings (SSSR count). The SMILES string of the molecule is CNC(=O)c1cccc(NC(=O)C2CCN(S(=O)(=O)c3ccc(Cl)cc3)CC2)c1. The van der Waals surface area contributed by atoms with Crippen molar-refractivity contribution in [2.75, 3.05) is 25.5 Å². The molecule has 1 saturated heterocycles. The molecule has 1 aliphatic rings. The third-order valence-electron chi connectivity index (χ3n) is 4.90. The van der Waals surface area contributed by atoms with Crippen LogP contribution < -0.4 is 10.6 Å². The summed E-state index contributed by atoms with van der Waals surface area (Å²) in [7, 11) is -2.07. The molecule has 0 radical (unpaired) electrons. The summed E-state index contributed by atoms with van der Waals surface area (Å²) in [5.74, 6) is -0.709. The third-order valence-corrected chi connectivity index (χ3v) is 7.06. The van der Waals surface area contributed by atoms with Crippen molar-refractivity contribution in [1.82, 2.24) is 9.62 Å². The van der Waals surface area contributed by atoms with E-state index in [0.29, 0.717) is 29.1 Å². The van der Waals surface area contributed by atoms with E-state index in [0.717, 1.165) is 0 Å². The Bertz CT molecular complexity index is 1000. The highest BCUT2D eigenvalue weighted by Crippen LogP contribution is 2.25. The first kappa shape index (κ1) is 21.3. The fourth-order valence-corrected chi connectivity index (χ4v) is 4.84. The van der Waals surface area contributed by atoms with Gasteiger partial charge in [-0.1, -0.05) is 17.7 Å². The Hall–Kier alpha value is -2.42. The number of anilines is 1. The number of hydrogen-bond acceptors (Lipinski definition) is 4. The number of nitrogens with zero attached hydrogens (tertiary/aromatic N) is 1. The maximum Gasteiger partial charge on any atom is 0.251 e. The molecule has 7 nitrogen and oxygen atoms in total. The number of halogens is 1. The fraction of sp³-hybridized carbons (Fsp3) is 0.300. The molecule has 0 atom stereocenters. The summed E-state index contributed by atoms with van der Waals surface area (Å²) in [4.78, 5) is 24.5. The average molecular weight is 436 g/mol. The second-order valence-corrected chi connectivity index (χ2v) is 9.16. The van der Waals surface area contributed by atoms with E-state index in [4.69, 9.17) is 11.6 Å². The van der Waals surface area contributed by atoms with Crippen LogP contribution in [-0.2, 0) is 14.8 Å². The first-order chi connectivity index (χ1) is 13.8. The number of piperidine rings is 1. The topological polar surface area (TPSA) is 95.6 Å². The Morgan fingerprint density at radius 3 is 2.34 bits per heavy atom. The maximum atomic E-state index is 12.7. The monoisotopic (exact) mass is 435 g/mol. The molecule has 0 saturated carbocycles. The largest absolute Gasteiger partial charge is 0.355 e. The number of carbonyl (C=O) groups is 2. The molecule has 29 heavy (non-hydrogen) atoms. The van der Waals surface area contributed by atoms with Crippen LogP contribution in [0.2, 0.25) is 5.02 Å². The van der Waals surface area contributed by atoms with Crippen LogP contribution in [0.25, 0.3) is 0 Å². The van der Waals surface area contributed by atoms with E-state index in [1.807, 2.05) is 0 Å². The summed E-state index contributed by atoms with van der Waals surface area (Å²) in [6, 6.07) is 12.7. The Balaban J connectivity index is 1.61. The van der Waals surface area contributed by atoms with E-state index < -0.39 is 10.0 Å². The van der Waals surface area contributed by atoms with Crippen LogP contribution in [0.3, 0.4) is 0 Å². The lowest BCUT2D eigenvalue weighted by Gasteiger charge is -2.30. The van der Waals surface area contributed by atoms with Gasteiger partial charge in [-0.25, -0.2) is 8.42 Å². The Labute approximate surface area is 175 Å². The van der Waals surface area contributed by atoms with E-state index in [1.165, 1.54) is 16.4 Å². The third kappa shape index (κ3) is 4.95. The Kier molecular flexibility index (Phi) is 6.56. The van der Waals surface area contributed by atoms with Crippen LogP contribution in [0, 0.1) is 5.92 Å². The van der Waals surface area contributed by atoms with Crippen LogP contribution in [0.15, 0.2) is 53.4 Å². The van der Waals surface area contributed by atoms with Gasteiger partial charge in [0, 0.05) is 42.3 Å². The van der Waals surface area contributed by atoms with Gasteiger partial charge in [-0.3, -0.25) is 9.59 Å². The van der Waals surface area contributed by atoms with Gasteiger partial charge < -0.3 is 10.6 Å². The second kappa shape index (κ2) is 8.94. The number of carbonyl (C=O) groups excluding carboxylic acids is 2. The minimum atomic E-state index is -3.61. The van der Waals surface area contributed by atoms with Gasteiger partial charge in [-0.05, 0) is 55.3 Å². The number of amides is 2. The molecule has 2 aromatic rings. The Morgan fingerprint density at radius 1 is 1.07 bits per heavy atom. The van der Waals surface area contributed by atoms with E-state index in [-0.39, 0.29) is 35.7 Å². The fourth-order valence-electron chi connectivity index (χ4n) is 3.24. The first-order valence-electron chi connectivity index (χ1n) is 9.20. The van der Waals surface area contributed by atoms with Crippen molar-refractivity contribution in [3.05, 3.63) is 59.1 Å². The van der Waals surface area contributed by atoms with Gasteiger partial charge in [0.15, 0.2) is 0 Å². The van der Waals surface area contributed by atoms with Crippen LogP contribution in [0.1, 0.15) is 23.2 Å². The van der Waals surface area contributed by atoms with E-state index >= 15 is 0 Å². The predicted octanol–water partition coefficient (Wildman–Crippen LogP) is 2.74. The van der Waals surface area contributed by atoms with Crippen molar-refractivity contribution in [2.24, 2.45) is 5.92 Å². The van der Waals surface area contributed by atoms with Gasteiger partial charge in [0.1, 0.15) is 0 Å². The standard InChI is InChI=1S/C20H22ClN3O4S/c1-22-19(25)15-3-2-4-17(13-15)23-20(26)14-9-11-24(12-10-14)29(27,28)18-7-5-16(21)6-8-18/h2-8,13-14H,9-12H2,1H3,(H,22,25)(H,23,26). The predicted molar refractivity (Wildman–Crippen MR) is 111 cm³/mol. The summed E-state index contributed by atoms with van der Waals surface area (Å²) < 4.78 is 26.9. The number of nitrogens with one attached hydrogen (secondary N) is 2. The average Bonchev–Trinajstić information content (AvgIpc) is 2.73.